The van der Waals surface area contributed by atoms with Gasteiger partial charge in [0.15, 0.2) is 0 Å². The van der Waals surface area contributed by atoms with Crippen LogP contribution in [0.4, 0.5) is 5.69 Å². The number of nitrogens with one attached hydrogen (secondary N) is 1. The Balaban J connectivity index is 1.91. The minimum atomic E-state index is -3.71. The van der Waals surface area contributed by atoms with E-state index in [4.69, 9.17) is 16.0 Å². The smallest absolute Gasteiger partial charge is 0.271 e. The van der Waals surface area contributed by atoms with Gasteiger partial charge in [-0.05, 0) is 30.7 Å². The molecule has 0 bridgehead atoms. The fourth-order valence-electron chi connectivity index (χ4n) is 1.90. The Hall–Kier alpha value is -1.90. The highest BCUT2D eigenvalue weighted by molar-refractivity contribution is 7.94. The lowest BCUT2D eigenvalue weighted by molar-refractivity contribution is 0.533. The van der Waals surface area contributed by atoms with Crippen LogP contribution in [0.1, 0.15) is 11.5 Å². The Morgan fingerprint density at radius 1 is 1.26 bits per heavy atom. The number of aryl methyl sites for hydroxylation is 1. The molecule has 9 heteroatoms. The first-order chi connectivity index (χ1) is 10.9. The molecule has 23 heavy (non-hydrogen) atoms. The van der Waals surface area contributed by atoms with Crippen molar-refractivity contribution in [1.82, 2.24) is 10.2 Å². The second-order valence-electron chi connectivity index (χ2n) is 4.80. The summed E-state index contributed by atoms with van der Waals surface area (Å²) in [6, 6.07) is 6.55. The molecule has 0 amide bonds. The predicted octanol–water partition coefficient (Wildman–Crippen LogP) is 3.87. The summed E-state index contributed by atoms with van der Waals surface area (Å²) in [6.45, 7) is 3.42. The molecule has 1 N–H and O–H groups in total. The largest absolute Gasteiger partial charge is 0.421 e. The van der Waals surface area contributed by atoms with Crippen LogP contribution >= 0.6 is 22.9 Å². The Morgan fingerprint density at radius 2 is 2.04 bits per heavy atom. The van der Waals surface area contributed by atoms with E-state index in [1.54, 1.807) is 37.4 Å². The summed E-state index contributed by atoms with van der Waals surface area (Å²) in [4.78, 5) is 0. The highest BCUT2D eigenvalue weighted by Crippen LogP contribution is 2.30. The molecule has 0 aliphatic carbocycles. The first kappa shape index (κ1) is 16.0. The molecule has 0 radical (unpaired) electrons. The average Bonchev–Trinajstić information content (AvgIpc) is 3.12. The van der Waals surface area contributed by atoms with Gasteiger partial charge in [0.05, 0.1) is 11.3 Å². The average molecular weight is 370 g/mol. The molecular formula is C14H12ClN3O3S2. The molecule has 0 atom stereocenters. The molecule has 0 aliphatic rings. The standard InChI is InChI=1S/C14H12ClN3O3S2/c1-8-11(15)4-3-5-12(8)18-23(19,20)13-6-10(7-22-13)14-17-16-9(2)21-14/h3-7,18H,1-2H3. The Labute approximate surface area is 142 Å². The van der Waals surface area contributed by atoms with Crippen LogP contribution in [0.25, 0.3) is 11.5 Å². The molecule has 0 saturated heterocycles. The zero-order valence-electron chi connectivity index (χ0n) is 12.2. The lowest BCUT2D eigenvalue weighted by atomic mass is 10.2. The SMILES string of the molecule is Cc1nnc(-c2csc(S(=O)(=O)Nc3cccc(Cl)c3C)c2)o1. The van der Waals surface area contributed by atoms with E-state index < -0.39 is 10.0 Å². The highest BCUT2D eigenvalue weighted by Gasteiger charge is 2.20. The lowest BCUT2D eigenvalue weighted by Crippen LogP contribution is -2.12. The fourth-order valence-corrected chi connectivity index (χ4v) is 4.35. The van der Waals surface area contributed by atoms with E-state index in [1.807, 2.05) is 0 Å². The molecular weight excluding hydrogens is 358 g/mol. The molecule has 1 aromatic carbocycles. The second-order valence-corrected chi connectivity index (χ2v) is 8.03. The van der Waals surface area contributed by atoms with Gasteiger partial charge in [-0.2, -0.15) is 0 Å². The van der Waals surface area contributed by atoms with Crippen LogP contribution in [0, 0.1) is 13.8 Å². The van der Waals surface area contributed by atoms with Gasteiger partial charge < -0.3 is 4.42 Å². The van der Waals surface area contributed by atoms with Crippen molar-refractivity contribution in [3.8, 4) is 11.5 Å². The van der Waals surface area contributed by atoms with Crippen molar-refractivity contribution in [2.24, 2.45) is 0 Å². The van der Waals surface area contributed by atoms with Crippen LogP contribution in [-0.2, 0) is 10.0 Å². The number of benzene rings is 1. The first-order valence-corrected chi connectivity index (χ1v) is 9.28. The van der Waals surface area contributed by atoms with Crippen LogP contribution < -0.4 is 4.72 Å². The lowest BCUT2D eigenvalue weighted by Gasteiger charge is -2.10. The normalized spacial score (nSPS) is 11.6. The molecule has 6 nitrogen and oxygen atoms in total. The number of hydrogen-bond donors (Lipinski definition) is 1. The summed E-state index contributed by atoms with van der Waals surface area (Å²) in [5.74, 6) is 0.711. The number of nitrogens with zero attached hydrogens (tertiary/aromatic N) is 2. The summed E-state index contributed by atoms with van der Waals surface area (Å²) in [5, 5.41) is 9.77. The van der Waals surface area contributed by atoms with Gasteiger partial charge in [0, 0.05) is 17.3 Å². The van der Waals surface area contributed by atoms with Crippen molar-refractivity contribution in [3.63, 3.8) is 0 Å². The maximum Gasteiger partial charge on any atom is 0.271 e. The van der Waals surface area contributed by atoms with Crippen LogP contribution in [-0.4, -0.2) is 18.6 Å². The monoisotopic (exact) mass is 369 g/mol. The molecule has 0 spiro atoms. The molecule has 0 saturated carbocycles. The Morgan fingerprint density at radius 3 is 2.74 bits per heavy atom. The Bertz CT molecular complexity index is 963. The number of aromatic nitrogens is 2. The summed E-state index contributed by atoms with van der Waals surface area (Å²) in [7, 11) is -3.71. The number of thiophene rings is 1. The first-order valence-electron chi connectivity index (χ1n) is 6.54. The van der Waals surface area contributed by atoms with Crippen molar-refractivity contribution in [2.75, 3.05) is 4.72 Å². The molecule has 2 aromatic heterocycles. The van der Waals surface area contributed by atoms with Crippen molar-refractivity contribution in [3.05, 3.63) is 46.1 Å². The van der Waals surface area contributed by atoms with Crippen LogP contribution in [0.3, 0.4) is 0 Å². The summed E-state index contributed by atoms with van der Waals surface area (Å²) >= 11 is 7.09. The molecule has 3 rings (SSSR count). The van der Waals surface area contributed by atoms with Crippen LogP contribution in [0.15, 0.2) is 38.3 Å². The van der Waals surface area contributed by atoms with E-state index in [0.29, 0.717) is 33.6 Å². The van der Waals surface area contributed by atoms with Crippen LogP contribution in [0.2, 0.25) is 5.02 Å². The third kappa shape index (κ3) is 3.24. The Kier molecular flexibility index (Phi) is 4.13. The number of halogens is 1. The van der Waals surface area contributed by atoms with E-state index in [-0.39, 0.29) is 4.21 Å². The van der Waals surface area contributed by atoms with Crippen molar-refractivity contribution >= 4 is 38.6 Å². The minimum absolute atomic E-state index is 0.155. The zero-order valence-corrected chi connectivity index (χ0v) is 14.6. The van der Waals surface area contributed by atoms with E-state index >= 15 is 0 Å². The topological polar surface area (TPSA) is 85.1 Å². The van der Waals surface area contributed by atoms with E-state index in [1.165, 1.54) is 6.07 Å². The van der Waals surface area contributed by atoms with Crippen molar-refractivity contribution in [1.29, 1.82) is 0 Å². The third-order valence-electron chi connectivity index (χ3n) is 3.13. The number of anilines is 1. The predicted molar refractivity (Wildman–Crippen MR) is 89.3 cm³/mol. The third-order valence-corrected chi connectivity index (χ3v) is 6.34. The van der Waals surface area contributed by atoms with Gasteiger partial charge in [-0.15, -0.1) is 21.5 Å². The molecule has 0 fully saturated rings. The molecule has 120 valence electrons. The van der Waals surface area contributed by atoms with Gasteiger partial charge in [-0.3, -0.25) is 4.72 Å². The maximum atomic E-state index is 12.5. The van der Waals surface area contributed by atoms with Gasteiger partial charge in [-0.25, -0.2) is 8.42 Å². The molecule has 2 heterocycles. The summed E-state index contributed by atoms with van der Waals surface area (Å²) < 4.78 is 33.0. The summed E-state index contributed by atoms with van der Waals surface area (Å²) in [6.07, 6.45) is 0. The van der Waals surface area contributed by atoms with Gasteiger partial charge in [0.2, 0.25) is 11.8 Å². The fraction of sp³-hybridized carbons (Fsp3) is 0.143. The van der Waals surface area contributed by atoms with Gasteiger partial charge in [0.1, 0.15) is 4.21 Å². The number of sulfonamides is 1. The molecule has 0 unspecified atom stereocenters. The number of rotatable bonds is 4. The van der Waals surface area contributed by atoms with Gasteiger partial charge in [0.25, 0.3) is 10.0 Å². The maximum absolute atomic E-state index is 12.5. The van der Waals surface area contributed by atoms with Gasteiger partial charge in [-0.1, -0.05) is 17.7 Å². The van der Waals surface area contributed by atoms with Gasteiger partial charge >= 0.3 is 0 Å². The van der Waals surface area contributed by atoms with E-state index in [2.05, 4.69) is 14.9 Å². The highest BCUT2D eigenvalue weighted by atomic mass is 35.5. The summed E-state index contributed by atoms with van der Waals surface area (Å²) in [5.41, 5.74) is 1.68. The minimum Gasteiger partial charge on any atom is -0.421 e. The van der Waals surface area contributed by atoms with E-state index in [0.717, 1.165) is 11.3 Å². The molecule has 0 aliphatic heterocycles. The second kappa shape index (κ2) is 5.95. The molecule has 3 aromatic rings. The van der Waals surface area contributed by atoms with Crippen molar-refractivity contribution < 1.29 is 12.8 Å². The zero-order chi connectivity index (χ0) is 16.6. The van der Waals surface area contributed by atoms with E-state index in [9.17, 15) is 8.42 Å². The van der Waals surface area contributed by atoms with Crippen LogP contribution in [0.5, 0.6) is 0 Å². The van der Waals surface area contributed by atoms with Crippen molar-refractivity contribution in [2.45, 2.75) is 18.1 Å². The number of hydrogen-bond acceptors (Lipinski definition) is 6. The quantitative estimate of drug-likeness (QED) is 0.754.